The van der Waals surface area contributed by atoms with Crippen molar-refractivity contribution < 1.29 is 9.53 Å². The SMILES string of the molecule is CCOc1ccccc1C(=O)NCc1cc(-c2ccccn2)n(C)n1. The fourth-order valence-corrected chi connectivity index (χ4v) is 2.57. The third kappa shape index (κ3) is 3.85. The molecule has 0 aliphatic rings. The zero-order chi connectivity index (χ0) is 17.6. The molecule has 3 rings (SSSR count). The fourth-order valence-electron chi connectivity index (χ4n) is 2.57. The Hall–Kier alpha value is -3.15. The third-order valence-corrected chi connectivity index (χ3v) is 3.72. The van der Waals surface area contributed by atoms with Crippen molar-refractivity contribution in [3.63, 3.8) is 0 Å². The van der Waals surface area contributed by atoms with Gasteiger partial charge in [-0.15, -0.1) is 0 Å². The number of nitrogens with one attached hydrogen (secondary N) is 1. The van der Waals surface area contributed by atoms with Gasteiger partial charge in [-0.2, -0.15) is 5.10 Å². The number of aromatic nitrogens is 3. The van der Waals surface area contributed by atoms with Gasteiger partial charge in [-0.1, -0.05) is 18.2 Å². The van der Waals surface area contributed by atoms with Crippen molar-refractivity contribution in [2.45, 2.75) is 13.5 Å². The summed E-state index contributed by atoms with van der Waals surface area (Å²) < 4.78 is 7.26. The van der Waals surface area contributed by atoms with E-state index in [9.17, 15) is 4.79 Å². The summed E-state index contributed by atoms with van der Waals surface area (Å²) in [5, 5.41) is 7.33. The van der Waals surface area contributed by atoms with Crippen LogP contribution >= 0.6 is 0 Å². The molecule has 6 heteroatoms. The van der Waals surface area contributed by atoms with Crippen LogP contribution in [0.5, 0.6) is 5.75 Å². The van der Waals surface area contributed by atoms with Crippen molar-refractivity contribution in [2.24, 2.45) is 7.05 Å². The van der Waals surface area contributed by atoms with Crippen LogP contribution in [0.2, 0.25) is 0 Å². The van der Waals surface area contributed by atoms with Gasteiger partial charge in [0, 0.05) is 13.2 Å². The number of amides is 1. The van der Waals surface area contributed by atoms with Gasteiger partial charge in [-0.3, -0.25) is 14.5 Å². The summed E-state index contributed by atoms with van der Waals surface area (Å²) in [6, 6.07) is 14.9. The molecule has 25 heavy (non-hydrogen) atoms. The van der Waals surface area contributed by atoms with Gasteiger partial charge in [0.1, 0.15) is 5.75 Å². The van der Waals surface area contributed by atoms with Crippen molar-refractivity contribution >= 4 is 5.91 Å². The van der Waals surface area contributed by atoms with Gasteiger partial charge in [0.2, 0.25) is 0 Å². The Balaban J connectivity index is 1.71. The Bertz CT molecular complexity index is 859. The molecule has 1 aromatic carbocycles. The van der Waals surface area contributed by atoms with E-state index in [1.165, 1.54) is 0 Å². The fraction of sp³-hybridized carbons (Fsp3) is 0.211. The van der Waals surface area contributed by atoms with Crippen LogP contribution in [-0.4, -0.2) is 27.3 Å². The summed E-state index contributed by atoms with van der Waals surface area (Å²) in [6.45, 7) is 2.74. The first-order chi connectivity index (χ1) is 12.2. The summed E-state index contributed by atoms with van der Waals surface area (Å²) in [5.74, 6) is 0.395. The molecule has 0 saturated carbocycles. The lowest BCUT2D eigenvalue weighted by Crippen LogP contribution is -2.23. The first kappa shape index (κ1) is 16.7. The Morgan fingerprint density at radius 1 is 1.20 bits per heavy atom. The molecule has 0 saturated heterocycles. The monoisotopic (exact) mass is 336 g/mol. The van der Waals surface area contributed by atoms with Crippen LogP contribution in [0.3, 0.4) is 0 Å². The second-order valence-corrected chi connectivity index (χ2v) is 5.47. The molecule has 0 spiro atoms. The van der Waals surface area contributed by atoms with E-state index in [2.05, 4.69) is 15.4 Å². The summed E-state index contributed by atoms with van der Waals surface area (Å²) in [6.07, 6.45) is 1.74. The minimum atomic E-state index is -0.186. The normalized spacial score (nSPS) is 10.5. The number of nitrogens with zero attached hydrogens (tertiary/aromatic N) is 3. The van der Waals surface area contributed by atoms with Crippen molar-refractivity contribution in [3.8, 4) is 17.1 Å². The zero-order valence-electron chi connectivity index (χ0n) is 14.3. The minimum absolute atomic E-state index is 0.186. The van der Waals surface area contributed by atoms with Gasteiger partial charge in [0.05, 0.1) is 35.8 Å². The molecule has 128 valence electrons. The minimum Gasteiger partial charge on any atom is -0.493 e. The average Bonchev–Trinajstić information content (AvgIpc) is 3.02. The Labute approximate surface area is 146 Å². The molecule has 0 aliphatic heterocycles. The predicted molar refractivity (Wildman–Crippen MR) is 95.2 cm³/mol. The van der Waals surface area contributed by atoms with E-state index in [-0.39, 0.29) is 5.91 Å². The van der Waals surface area contributed by atoms with E-state index in [0.29, 0.717) is 24.5 Å². The van der Waals surface area contributed by atoms with E-state index >= 15 is 0 Å². The highest BCUT2D eigenvalue weighted by molar-refractivity contribution is 5.96. The van der Waals surface area contributed by atoms with Gasteiger partial charge in [0.15, 0.2) is 0 Å². The smallest absolute Gasteiger partial charge is 0.255 e. The van der Waals surface area contributed by atoms with Crippen LogP contribution in [0.15, 0.2) is 54.7 Å². The van der Waals surface area contributed by atoms with Gasteiger partial charge >= 0.3 is 0 Å². The molecule has 2 aromatic heterocycles. The summed E-state index contributed by atoms with van der Waals surface area (Å²) in [5.41, 5.74) is 3.03. The molecule has 0 radical (unpaired) electrons. The van der Waals surface area contributed by atoms with Gasteiger partial charge in [-0.05, 0) is 37.3 Å². The molecule has 0 aliphatic carbocycles. The summed E-state index contributed by atoms with van der Waals surface area (Å²) >= 11 is 0. The molecule has 1 amide bonds. The van der Waals surface area contributed by atoms with Crippen molar-refractivity contribution in [1.82, 2.24) is 20.1 Å². The van der Waals surface area contributed by atoms with Crippen LogP contribution in [0.4, 0.5) is 0 Å². The standard InChI is InChI=1S/C19H20N4O2/c1-3-25-18-10-5-4-8-15(18)19(24)21-13-14-12-17(23(2)22-14)16-9-6-7-11-20-16/h4-12H,3,13H2,1-2H3,(H,21,24). The highest BCUT2D eigenvalue weighted by atomic mass is 16.5. The van der Waals surface area contributed by atoms with Crippen LogP contribution in [0.1, 0.15) is 23.0 Å². The molecular weight excluding hydrogens is 316 g/mol. The van der Waals surface area contributed by atoms with Gasteiger partial charge in [0.25, 0.3) is 5.91 Å². The average molecular weight is 336 g/mol. The van der Waals surface area contributed by atoms with Crippen molar-refractivity contribution in [3.05, 3.63) is 66.0 Å². The quantitative estimate of drug-likeness (QED) is 0.751. The second kappa shape index (κ2) is 7.61. The predicted octanol–water partition coefficient (Wildman–Crippen LogP) is 2.81. The lowest BCUT2D eigenvalue weighted by Gasteiger charge is -2.09. The van der Waals surface area contributed by atoms with E-state index in [0.717, 1.165) is 17.1 Å². The Kier molecular flexibility index (Phi) is 5.09. The lowest BCUT2D eigenvalue weighted by molar-refractivity contribution is 0.0946. The summed E-state index contributed by atoms with van der Waals surface area (Å²) in [4.78, 5) is 16.8. The number of ether oxygens (including phenoxy) is 1. The maximum atomic E-state index is 12.4. The van der Waals surface area contributed by atoms with E-state index in [1.807, 2.05) is 50.4 Å². The second-order valence-electron chi connectivity index (χ2n) is 5.47. The van der Waals surface area contributed by atoms with Crippen molar-refractivity contribution in [2.75, 3.05) is 6.61 Å². The maximum absolute atomic E-state index is 12.4. The first-order valence-corrected chi connectivity index (χ1v) is 8.13. The van der Waals surface area contributed by atoms with Crippen LogP contribution in [0, 0.1) is 0 Å². The van der Waals surface area contributed by atoms with E-state index < -0.39 is 0 Å². The number of hydrogen-bond acceptors (Lipinski definition) is 4. The highest BCUT2D eigenvalue weighted by Gasteiger charge is 2.13. The maximum Gasteiger partial charge on any atom is 0.255 e. The molecule has 0 unspecified atom stereocenters. The Morgan fingerprint density at radius 2 is 2.00 bits per heavy atom. The largest absolute Gasteiger partial charge is 0.493 e. The molecule has 6 nitrogen and oxygen atoms in total. The molecule has 2 heterocycles. The van der Waals surface area contributed by atoms with Crippen LogP contribution in [0.25, 0.3) is 11.4 Å². The number of carbonyl (C=O) groups is 1. The summed E-state index contributed by atoms with van der Waals surface area (Å²) in [7, 11) is 1.86. The molecule has 0 atom stereocenters. The lowest BCUT2D eigenvalue weighted by atomic mass is 10.2. The number of hydrogen-bond donors (Lipinski definition) is 1. The first-order valence-electron chi connectivity index (χ1n) is 8.13. The van der Waals surface area contributed by atoms with Crippen LogP contribution in [-0.2, 0) is 13.6 Å². The third-order valence-electron chi connectivity index (χ3n) is 3.72. The van der Waals surface area contributed by atoms with Gasteiger partial charge in [-0.25, -0.2) is 0 Å². The number of benzene rings is 1. The van der Waals surface area contributed by atoms with Crippen LogP contribution < -0.4 is 10.1 Å². The highest BCUT2D eigenvalue weighted by Crippen LogP contribution is 2.19. The molecule has 0 fully saturated rings. The number of aryl methyl sites for hydroxylation is 1. The molecule has 3 aromatic rings. The number of rotatable bonds is 6. The number of para-hydroxylation sites is 1. The van der Waals surface area contributed by atoms with E-state index in [4.69, 9.17) is 4.74 Å². The van der Waals surface area contributed by atoms with Gasteiger partial charge < -0.3 is 10.1 Å². The molecule has 1 N–H and O–H groups in total. The molecule has 0 bridgehead atoms. The van der Waals surface area contributed by atoms with Crippen molar-refractivity contribution in [1.29, 1.82) is 0 Å². The molecular formula is C19H20N4O2. The number of pyridine rings is 1. The Morgan fingerprint density at radius 3 is 2.76 bits per heavy atom. The topological polar surface area (TPSA) is 69.0 Å². The van der Waals surface area contributed by atoms with E-state index in [1.54, 1.807) is 23.0 Å². The number of carbonyl (C=O) groups excluding carboxylic acids is 1. The zero-order valence-corrected chi connectivity index (χ0v) is 14.3.